The van der Waals surface area contributed by atoms with Crippen molar-refractivity contribution in [3.05, 3.63) is 29.3 Å². The second kappa shape index (κ2) is 5.09. The van der Waals surface area contributed by atoms with Crippen LogP contribution in [0, 0.1) is 18.3 Å². The molecule has 1 aromatic carbocycles. The first-order chi connectivity index (χ1) is 7.83. The summed E-state index contributed by atoms with van der Waals surface area (Å²) in [5.41, 5.74) is 1.84. The predicted molar refractivity (Wildman–Crippen MR) is 59.8 cm³/mol. The van der Waals surface area contributed by atoms with Crippen molar-refractivity contribution in [3.63, 3.8) is 0 Å². The zero-order chi connectivity index (χ0) is 13.1. The molecule has 0 aliphatic heterocycles. The predicted octanol–water partition coefficient (Wildman–Crippen LogP) is 3.26. The van der Waals surface area contributed by atoms with E-state index in [-0.39, 0.29) is 6.54 Å². The van der Waals surface area contributed by atoms with E-state index >= 15 is 0 Å². The Morgan fingerprint density at radius 1 is 1.35 bits per heavy atom. The molecule has 0 spiro atoms. The van der Waals surface area contributed by atoms with Crippen LogP contribution in [0.2, 0.25) is 0 Å². The molecule has 1 rings (SSSR count). The highest BCUT2D eigenvalue weighted by molar-refractivity contribution is 5.59. The van der Waals surface area contributed by atoms with Crippen LogP contribution in [-0.2, 0) is 0 Å². The molecule has 0 aliphatic rings. The molecule has 0 N–H and O–H groups in total. The summed E-state index contributed by atoms with van der Waals surface area (Å²) in [6, 6.07) is 7.11. The largest absolute Gasteiger partial charge is 0.390 e. The molecule has 5 heteroatoms. The summed E-state index contributed by atoms with van der Waals surface area (Å²) in [5, 5.41) is 8.92. The number of anilines is 1. The lowest BCUT2D eigenvalue weighted by atomic mass is 10.1. The summed E-state index contributed by atoms with van der Waals surface area (Å²) in [4.78, 5) is 1.45. The maximum absolute atomic E-state index is 12.1. The van der Waals surface area contributed by atoms with Crippen LogP contribution in [-0.4, -0.2) is 19.8 Å². The number of hydrogen-bond donors (Lipinski definition) is 0. The van der Waals surface area contributed by atoms with E-state index in [9.17, 15) is 13.2 Å². The maximum Gasteiger partial charge on any atom is 0.390 e. The summed E-state index contributed by atoms with van der Waals surface area (Å²) in [5.74, 6) is 0. The second-order valence-electron chi connectivity index (χ2n) is 3.92. The van der Waals surface area contributed by atoms with Crippen LogP contribution in [0.1, 0.15) is 17.5 Å². The van der Waals surface area contributed by atoms with Crippen molar-refractivity contribution in [2.45, 2.75) is 19.5 Å². The molecule has 2 nitrogen and oxygen atoms in total. The van der Waals surface area contributed by atoms with E-state index < -0.39 is 12.6 Å². The zero-order valence-corrected chi connectivity index (χ0v) is 9.67. The van der Waals surface area contributed by atoms with E-state index in [1.807, 2.05) is 13.0 Å². The number of aryl methyl sites for hydroxylation is 1. The molecule has 0 radical (unpaired) electrons. The summed E-state index contributed by atoms with van der Waals surface area (Å²) in [6.07, 6.45) is -5.06. The molecule has 1 aromatic rings. The molecule has 0 saturated heterocycles. The van der Waals surface area contributed by atoms with Gasteiger partial charge < -0.3 is 4.90 Å². The van der Waals surface area contributed by atoms with Crippen molar-refractivity contribution in [2.24, 2.45) is 0 Å². The number of rotatable bonds is 3. The molecule has 92 valence electrons. The van der Waals surface area contributed by atoms with Crippen LogP contribution in [0.4, 0.5) is 18.9 Å². The monoisotopic (exact) mass is 242 g/mol. The fourth-order valence-electron chi connectivity index (χ4n) is 1.49. The Balaban J connectivity index is 2.83. The molecule has 0 aromatic heterocycles. The number of halogens is 3. The molecule has 0 fully saturated rings. The number of nitrogens with zero attached hydrogens (tertiary/aromatic N) is 2. The third-order valence-corrected chi connectivity index (χ3v) is 2.41. The number of alkyl halides is 3. The first kappa shape index (κ1) is 13.4. The van der Waals surface area contributed by atoms with Gasteiger partial charge in [-0.3, -0.25) is 0 Å². The lowest BCUT2D eigenvalue weighted by Crippen LogP contribution is -2.24. The van der Waals surface area contributed by atoms with Crippen molar-refractivity contribution in [3.8, 4) is 6.07 Å². The van der Waals surface area contributed by atoms with Gasteiger partial charge in [0, 0.05) is 13.6 Å². The van der Waals surface area contributed by atoms with Gasteiger partial charge in [-0.05, 0) is 24.6 Å². The quantitative estimate of drug-likeness (QED) is 0.813. The molecule has 0 saturated carbocycles. The number of hydrogen-bond acceptors (Lipinski definition) is 2. The standard InChI is InChI=1S/C12H13F3N2/c1-9-3-4-11(10(7-9)8-16)17(2)6-5-12(13,14)15/h3-4,7H,5-6H2,1-2H3. The minimum atomic E-state index is -4.17. The van der Waals surface area contributed by atoms with Gasteiger partial charge in [-0.1, -0.05) is 6.07 Å². The van der Waals surface area contributed by atoms with Gasteiger partial charge in [0.05, 0.1) is 17.7 Å². The lowest BCUT2D eigenvalue weighted by molar-refractivity contribution is -0.132. The second-order valence-corrected chi connectivity index (χ2v) is 3.92. The van der Waals surface area contributed by atoms with Crippen molar-refractivity contribution in [1.29, 1.82) is 5.26 Å². The van der Waals surface area contributed by atoms with Gasteiger partial charge in [0.2, 0.25) is 0 Å². The van der Waals surface area contributed by atoms with Gasteiger partial charge in [-0.2, -0.15) is 18.4 Å². The van der Waals surface area contributed by atoms with Crippen molar-refractivity contribution in [2.75, 3.05) is 18.5 Å². The van der Waals surface area contributed by atoms with E-state index in [1.54, 1.807) is 25.2 Å². The molecular weight excluding hydrogens is 229 g/mol. The molecule has 0 amide bonds. The normalized spacial score (nSPS) is 11.1. The van der Waals surface area contributed by atoms with E-state index in [2.05, 4.69) is 0 Å². The minimum Gasteiger partial charge on any atom is -0.373 e. The summed E-state index contributed by atoms with van der Waals surface area (Å²) >= 11 is 0. The van der Waals surface area contributed by atoms with Crippen LogP contribution < -0.4 is 4.90 Å². The topological polar surface area (TPSA) is 27.0 Å². The van der Waals surface area contributed by atoms with Crippen LogP contribution >= 0.6 is 0 Å². The summed E-state index contributed by atoms with van der Waals surface area (Å²) in [6.45, 7) is 1.68. The molecule has 0 bridgehead atoms. The molecule has 0 aliphatic carbocycles. The highest BCUT2D eigenvalue weighted by Crippen LogP contribution is 2.24. The third kappa shape index (κ3) is 3.99. The van der Waals surface area contributed by atoms with Crippen LogP contribution in [0.3, 0.4) is 0 Å². The van der Waals surface area contributed by atoms with E-state index in [0.29, 0.717) is 11.3 Å². The van der Waals surface area contributed by atoms with E-state index in [1.165, 1.54) is 4.90 Å². The molecular formula is C12H13F3N2. The molecule has 17 heavy (non-hydrogen) atoms. The Labute approximate surface area is 98.3 Å². The van der Waals surface area contributed by atoms with E-state index in [0.717, 1.165) is 5.56 Å². The maximum atomic E-state index is 12.1. The Kier molecular flexibility index (Phi) is 4.00. The van der Waals surface area contributed by atoms with E-state index in [4.69, 9.17) is 5.26 Å². The van der Waals surface area contributed by atoms with Gasteiger partial charge in [-0.25, -0.2) is 0 Å². The lowest BCUT2D eigenvalue weighted by Gasteiger charge is -2.21. The first-order valence-electron chi connectivity index (χ1n) is 5.12. The Hall–Kier alpha value is -1.70. The van der Waals surface area contributed by atoms with Crippen LogP contribution in [0.25, 0.3) is 0 Å². The van der Waals surface area contributed by atoms with Gasteiger partial charge in [0.1, 0.15) is 6.07 Å². The fourth-order valence-corrected chi connectivity index (χ4v) is 1.49. The first-order valence-corrected chi connectivity index (χ1v) is 5.12. The summed E-state index contributed by atoms with van der Waals surface area (Å²) in [7, 11) is 1.55. The van der Waals surface area contributed by atoms with Gasteiger partial charge >= 0.3 is 6.18 Å². The minimum absolute atomic E-state index is 0.152. The average Bonchev–Trinajstić information content (AvgIpc) is 2.24. The molecule has 0 atom stereocenters. The van der Waals surface area contributed by atoms with Gasteiger partial charge in [0.25, 0.3) is 0 Å². The molecule has 0 heterocycles. The van der Waals surface area contributed by atoms with Crippen LogP contribution in [0.5, 0.6) is 0 Å². The van der Waals surface area contributed by atoms with Crippen molar-refractivity contribution in [1.82, 2.24) is 0 Å². The highest BCUT2D eigenvalue weighted by Gasteiger charge is 2.27. The SMILES string of the molecule is Cc1ccc(N(C)CCC(F)(F)F)c(C#N)c1. The molecule has 0 unspecified atom stereocenters. The van der Waals surface area contributed by atoms with Crippen molar-refractivity contribution < 1.29 is 13.2 Å². The third-order valence-electron chi connectivity index (χ3n) is 2.41. The summed E-state index contributed by atoms with van der Waals surface area (Å²) < 4.78 is 36.3. The Morgan fingerprint density at radius 3 is 2.53 bits per heavy atom. The van der Waals surface area contributed by atoms with Gasteiger partial charge in [-0.15, -0.1) is 0 Å². The Morgan fingerprint density at radius 2 is 2.00 bits per heavy atom. The number of nitriles is 1. The number of benzene rings is 1. The van der Waals surface area contributed by atoms with Crippen molar-refractivity contribution >= 4 is 5.69 Å². The average molecular weight is 242 g/mol. The van der Waals surface area contributed by atoms with Crippen LogP contribution in [0.15, 0.2) is 18.2 Å². The Bertz CT molecular complexity index is 432. The smallest absolute Gasteiger partial charge is 0.373 e. The fraction of sp³-hybridized carbons (Fsp3) is 0.417. The zero-order valence-electron chi connectivity index (χ0n) is 9.67. The van der Waals surface area contributed by atoms with Gasteiger partial charge in [0.15, 0.2) is 0 Å². The highest BCUT2D eigenvalue weighted by atomic mass is 19.4.